The van der Waals surface area contributed by atoms with Crippen LogP contribution in [0.5, 0.6) is 0 Å². The zero-order valence-electron chi connectivity index (χ0n) is 9.35. The molecular formula is C12H22O. The minimum Gasteiger partial charge on any atom is -0.390 e. The van der Waals surface area contributed by atoms with Crippen molar-refractivity contribution in [3.05, 3.63) is 0 Å². The second kappa shape index (κ2) is 2.31. The maximum atomic E-state index is 10.5. The molecule has 0 saturated heterocycles. The average Bonchev–Trinajstić information content (AvgIpc) is 2.06. The van der Waals surface area contributed by atoms with Gasteiger partial charge in [0.15, 0.2) is 0 Å². The van der Waals surface area contributed by atoms with E-state index in [0.717, 1.165) is 12.8 Å². The first kappa shape index (κ1) is 9.51. The Balaban J connectivity index is 2.20. The van der Waals surface area contributed by atoms with Crippen molar-refractivity contribution in [1.82, 2.24) is 0 Å². The number of rotatable bonds is 0. The first-order chi connectivity index (χ1) is 5.73. The van der Waals surface area contributed by atoms with E-state index in [1.165, 1.54) is 12.8 Å². The summed E-state index contributed by atoms with van der Waals surface area (Å²) in [5.41, 5.74) is 0.416. The van der Waals surface area contributed by atoms with Gasteiger partial charge in [0.05, 0.1) is 5.60 Å². The second-order valence-electron chi connectivity index (χ2n) is 6.89. The summed E-state index contributed by atoms with van der Waals surface area (Å²) in [6, 6.07) is 0. The van der Waals surface area contributed by atoms with Gasteiger partial charge in [0, 0.05) is 0 Å². The molecule has 0 aliphatic heterocycles. The lowest BCUT2D eigenvalue weighted by molar-refractivity contribution is 0.0105. The summed E-state index contributed by atoms with van der Waals surface area (Å²) >= 11 is 0. The Bertz CT molecular complexity index is 207. The molecule has 2 saturated carbocycles. The first-order valence-corrected chi connectivity index (χ1v) is 5.45. The van der Waals surface area contributed by atoms with Gasteiger partial charge < -0.3 is 5.11 Å². The summed E-state index contributed by atoms with van der Waals surface area (Å²) in [5.74, 6) is 0.567. The highest BCUT2D eigenvalue weighted by molar-refractivity contribution is 5.08. The topological polar surface area (TPSA) is 20.2 Å². The van der Waals surface area contributed by atoms with Gasteiger partial charge in [-0.15, -0.1) is 0 Å². The van der Waals surface area contributed by atoms with Gasteiger partial charge in [0.1, 0.15) is 0 Å². The molecule has 0 aromatic rings. The van der Waals surface area contributed by atoms with Gasteiger partial charge in [-0.1, -0.05) is 27.7 Å². The summed E-state index contributed by atoms with van der Waals surface area (Å²) in [4.78, 5) is 0. The largest absolute Gasteiger partial charge is 0.390 e. The van der Waals surface area contributed by atoms with Gasteiger partial charge in [-0.2, -0.15) is 0 Å². The molecule has 76 valence electrons. The van der Waals surface area contributed by atoms with Gasteiger partial charge in [-0.05, 0) is 42.4 Å². The Morgan fingerprint density at radius 2 is 1.31 bits per heavy atom. The second-order valence-corrected chi connectivity index (χ2v) is 6.89. The highest BCUT2D eigenvalue weighted by Crippen LogP contribution is 2.60. The van der Waals surface area contributed by atoms with Crippen molar-refractivity contribution >= 4 is 0 Å². The van der Waals surface area contributed by atoms with Gasteiger partial charge in [0.25, 0.3) is 0 Å². The highest BCUT2D eigenvalue weighted by atomic mass is 16.3. The van der Waals surface area contributed by atoms with Crippen molar-refractivity contribution in [3.8, 4) is 0 Å². The molecule has 1 N–H and O–H groups in total. The molecule has 1 heteroatoms. The van der Waals surface area contributed by atoms with Crippen LogP contribution in [0.4, 0.5) is 0 Å². The van der Waals surface area contributed by atoms with E-state index in [1.54, 1.807) is 0 Å². The van der Waals surface area contributed by atoms with Crippen LogP contribution in [0.25, 0.3) is 0 Å². The van der Waals surface area contributed by atoms with Crippen LogP contribution in [0, 0.1) is 16.7 Å². The minimum atomic E-state index is -0.326. The van der Waals surface area contributed by atoms with Crippen molar-refractivity contribution in [1.29, 1.82) is 0 Å². The molecular weight excluding hydrogens is 160 g/mol. The number of aliphatic hydroxyl groups is 1. The Kier molecular flexibility index (Phi) is 1.69. The molecule has 1 nitrogen and oxygen atoms in total. The number of fused-ring (bicyclic) bond motifs is 1. The van der Waals surface area contributed by atoms with E-state index in [4.69, 9.17) is 0 Å². The van der Waals surface area contributed by atoms with Crippen molar-refractivity contribution in [2.24, 2.45) is 16.7 Å². The molecule has 0 heterocycles. The van der Waals surface area contributed by atoms with E-state index < -0.39 is 0 Å². The Labute approximate surface area is 81.5 Å². The summed E-state index contributed by atoms with van der Waals surface area (Å²) in [6.07, 6.45) is 4.45. The monoisotopic (exact) mass is 182 g/mol. The fourth-order valence-electron chi connectivity index (χ4n) is 3.94. The first-order valence-electron chi connectivity index (χ1n) is 5.45. The predicted molar refractivity (Wildman–Crippen MR) is 54.5 cm³/mol. The fraction of sp³-hybridized carbons (Fsp3) is 1.00. The molecule has 0 unspecified atom stereocenters. The highest BCUT2D eigenvalue weighted by Gasteiger charge is 2.56. The van der Waals surface area contributed by atoms with E-state index in [9.17, 15) is 5.11 Å². The molecule has 2 rings (SSSR count). The van der Waals surface area contributed by atoms with Gasteiger partial charge in [-0.3, -0.25) is 0 Å². The van der Waals surface area contributed by atoms with Crippen molar-refractivity contribution in [2.45, 2.75) is 59.0 Å². The normalized spacial score (nSPS) is 46.4. The summed E-state index contributed by atoms with van der Waals surface area (Å²) in [5, 5.41) is 10.5. The van der Waals surface area contributed by atoms with E-state index >= 15 is 0 Å². The molecule has 2 fully saturated rings. The smallest absolute Gasteiger partial charge is 0.0686 e. The minimum absolute atomic E-state index is 0.326. The fourth-order valence-corrected chi connectivity index (χ4v) is 3.94. The van der Waals surface area contributed by atoms with Crippen LogP contribution in [0.15, 0.2) is 0 Å². The number of hydrogen-bond donors (Lipinski definition) is 1. The van der Waals surface area contributed by atoms with Gasteiger partial charge >= 0.3 is 0 Å². The quantitative estimate of drug-likeness (QED) is 0.610. The molecule has 13 heavy (non-hydrogen) atoms. The van der Waals surface area contributed by atoms with Crippen LogP contribution in [0.1, 0.15) is 53.4 Å². The van der Waals surface area contributed by atoms with Crippen LogP contribution in [0.3, 0.4) is 0 Å². The maximum Gasteiger partial charge on any atom is 0.0686 e. The zero-order chi connectivity index (χ0) is 9.91. The Morgan fingerprint density at radius 3 is 1.62 bits per heavy atom. The molecule has 2 aliphatic carbocycles. The van der Waals surface area contributed by atoms with Crippen molar-refractivity contribution in [2.75, 3.05) is 0 Å². The van der Waals surface area contributed by atoms with Crippen LogP contribution in [0.2, 0.25) is 0 Å². The van der Waals surface area contributed by atoms with Crippen LogP contribution < -0.4 is 0 Å². The lowest BCUT2D eigenvalue weighted by Gasteiger charge is -2.27. The van der Waals surface area contributed by atoms with Gasteiger partial charge in [0.2, 0.25) is 0 Å². The van der Waals surface area contributed by atoms with Crippen LogP contribution in [-0.2, 0) is 0 Å². The molecule has 0 bridgehead atoms. The SMILES string of the molecule is CC1(C)CC2CC(C)(C)CC2(O)C1. The van der Waals surface area contributed by atoms with Crippen LogP contribution >= 0.6 is 0 Å². The third-order valence-corrected chi connectivity index (χ3v) is 3.93. The third kappa shape index (κ3) is 1.52. The molecule has 0 aromatic heterocycles. The van der Waals surface area contributed by atoms with E-state index in [-0.39, 0.29) is 5.60 Å². The van der Waals surface area contributed by atoms with E-state index in [0.29, 0.717) is 16.7 Å². The molecule has 0 aromatic carbocycles. The molecule has 0 amide bonds. The van der Waals surface area contributed by atoms with Crippen molar-refractivity contribution < 1.29 is 5.11 Å². The number of hydrogen-bond acceptors (Lipinski definition) is 1. The predicted octanol–water partition coefficient (Wildman–Crippen LogP) is 2.97. The summed E-state index contributed by atoms with van der Waals surface area (Å²) in [7, 11) is 0. The summed E-state index contributed by atoms with van der Waals surface area (Å²) in [6.45, 7) is 9.15. The molecule has 0 atom stereocenters. The Morgan fingerprint density at radius 1 is 0.923 bits per heavy atom. The third-order valence-electron chi connectivity index (χ3n) is 3.93. The lowest BCUT2D eigenvalue weighted by atomic mass is 9.81. The van der Waals surface area contributed by atoms with E-state index in [2.05, 4.69) is 27.7 Å². The molecule has 0 radical (unpaired) electrons. The van der Waals surface area contributed by atoms with E-state index in [1.807, 2.05) is 0 Å². The molecule has 2 aliphatic rings. The Hall–Kier alpha value is -0.0400. The maximum absolute atomic E-state index is 10.5. The lowest BCUT2D eigenvalue weighted by Crippen LogP contribution is -2.29. The summed E-state index contributed by atoms with van der Waals surface area (Å²) < 4.78 is 0. The average molecular weight is 182 g/mol. The van der Waals surface area contributed by atoms with Gasteiger partial charge in [-0.25, -0.2) is 0 Å². The standard InChI is InChI=1S/C12H22O/c1-10(2)5-9-6-11(3,4)8-12(9,13)7-10/h9,13H,5-8H2,1-4H3. The molecule has 0 spiro atoms. The van der Waals surface area contributed by atoms with Crippen molar-refractivity contribution in [3.63, 3.8) is 0 Å². The van der Waals surface area contributed by atoms with Crippen LogP contribution in [-0.4, -0.2) is 10.7 Å². The zero-order valence-corrected chi connectivity index (χ0v) is 9.35.